The second kappa shape index (κ2) is 6.24. The molecule has 2 aromatic carbocycles. The van der Waals surface area contributed by atoms with Gasteiger partial charge < -0.3 is 14.2 Å². The van der Waals surface area contributed by atoms with Crippen LogP contribution in [0, 0.1) is 5.82 Å². The molecule has 6 heteroatoms. The highest BCUT2D eigenvalue weighted by atomic mass is 19.1. The highest BCUT2D eigenvalue weighted by molar-refractivity contribution is 5.94. The van der Waals surface area contributed by atoms with E-state index >= 15 is 0 Å². The minimum Gasteiger partial charge on any atom is -0.454 e. The molecule has 0 bridgehead atoms. The number of rotatable bonds is 4. The lowest BCUT2D eigenvalue weighted by molar-refractivity contribution is 0.0458. The Balaban J connectivity index is 1.44. The molecule has 0 aliphatic heterocycles. The molecule has 0 atom stereocenters. The molecule has 0 unspecified atom stereocenters. The van der Waals surface area contributed by atoms with Crippen molar-refractivity contribution in [1.29, 1.82) is 0 Å². The van der Waals surface area contributed by atoms with Crippen LogP contribution in [0.15, 0.2) is 65.2 Å². The van der Waals surface area contributed by atoms with Crippen molar-refractivity contribution < 1.29 is 18.4 Å². The molecule has 2 heterocycles. The van der Waals surface area contributed by atoms with E-state index in [9.17, 15) is 9.18 Å². The van der Waals surface area contributed by atoms with Crippen molar-refractivity contribution in [3.8, 4) is 11.3 Å². The van der Waals surface area contributed by atoms with Crippen LogP contribution >= 0.6 is 0 Å². The maximum Gasteiger partial charge on any atom is 0.355 e. The van der Waals surface area contributed by atoms with Gasteiger partial charge in [-0.25, -0.2) is 9.18 Å². The number of nitrogens with zero attached hydrogens (tertiary/aromatic N) is 1. The van der Waals surface area contributed by atoms with Crippen LogP contribution in [0.5, 0.6) is 0 Å². The van der Waals surface area contributed by atoms with Gasteiger partial charge in [0.2, 0.25) is 0 Å². The van der Waals surface area contributed by atoms with E-state index in [0.717, 1.165) is 10.9 Å². The highest BCUT2D eigenvalue weighted by Crippen LogP contribution is 2.21. The first kappa shape index (κ1) is 15.1. The SMILES string of the molecule is O=C(OCc1cc(-c2ccc(F)cc2)on1)c1cc2ccccc2[nH]1. The van der Waals surface area contributed by atoms with Crippen molar-refractivity contribution in [2.24, 2.45) is 0 Å². The maximum atomic E-state index is 12.9. The summed E-state index contributed by atoms with van der Waals surface area (Å²) in [5.74, 6) is -0.310. The normalized spacial score (nSPS) is 10.9. The predicted molar refractivity (Wildman–Crippen MR) is 89.3 cm³/mol. The molecule has 2 aromatic heterocycles. The second-order valence-electron chi connectivity index (χ2n) is 5.54. The zero-order valence-corrected chi connectivity index (χ0v) is 13.0. The zero-order valence-electron chi connectivity index (χ0n) is 13.0. The van der Waals surface area contributed by atoms with Crippen molar-refractivity contribution in [3.05, 3.63) is 77.9 Å². The predicted octanol–water partition coefficient (Wildman–Crippen LogP) is 4.32. The van der Waals surface area contributed by atoms with Crippen LogP contribution in [-0.2, 0) is 11.3 Å². The fraction of sp³-hybridized carbons (Fsp3) is 0.0526. The largest absolute Gasteiger partial charge is 0.454 e. The minimum atomic E-state index is -0.470. The molecular formula is C19H13FN2O3. The first-order valence-corrected chi connectivity index (χ1v) is 7.65. The summed E-state index contributed by atoms with van der Waals surface area (Å²) >= 11 is 0. The number of esters is 1. The number of benzene rings is 2. The quantitative estimate of drug-likeness (QED) is 0.564. The number of H-pyrrole nitrogens is 1. The molecule has 0 radical (unpaired) electrons. The monoisotopic (exact) mass is 336 g/mol. The number of carbonyl (C=O) groups is 1. The van der Waals surface area contributed by atoms with Crippen molar-refractivity contribution in [2.45, 2.75) is 6.61 Å². The van der Waals surface area contributed by atoms with Crippen LogP contribution in [0.3, 0.4) is 0 Å². The topological polar surface area (TPSA) is 68.1 Å². The third kappa shape index (κ3) is 3.14. The molecule has 0 saturated heterocycles. The Bertz CT molecular complexity index is 1000. The number of para-hydroxylation sites is 1. The van der Waals surface area contributed by atoms with E-state index in [1.54, 1.807) is 24.3 Å². The van der Waals surface area contributed by atoms with E-state index in [0.29, 0.717) is 22.7 Å². The summed E-state index contributed by atoms with van der Waals surface area (Å²) in [6, 6.07) is 16.9. The van der Waals surface area contributed by atoms with Crippen molar-refractivity contribution in [1.82, 2.24) is 10.1 Å². The van der Waals surface area contributed by atoms with Crippen molar-refractivity contribution in [2.75, 3.05) is 0 Å². The van der Waals surface area contributed by atoms with Gasteiger partial charge in [-0.05, 0) is 36.4 Å². The fourth-order valence-corrected chi connectivity index (χ4v) is 2.53. The van der Waals surface area contributed by atoms with Crippen LogP contribution in [0.1, 0.15) is 16.2 Å². The Labute approximate surface area is 142 Å². The Kier molecular flexibility index (Phi) is 3.78. The standard InChI is InChI=1S/C19H13FN2O3/c20-14-7-5-12(6-8-14)18-10-15(22-25-18)11-24-19(23)17-9-13-3-1-2-4-16(13)21-17/h1-10,21H,11H2. The Morgan fingerprint density at radius 2 is 1.92 bits per heavy atom. The molecule has 0 fully saturated rings. The van der Waals surface area contributed by atoms with Gasteiger partial charge in [-0.2, -0.15) is 0 Å². The van der Waals surface area contributed by atoms with Gasteiger partial charge >= 0.3 is 5.97 Å². The molecule has 5 nitrogen and oxygen atoms in total. The first-order valence-electron chi connectivity index (χ1n) is 7.65. The Morgan fingerprint density at radius 3 is 2.72 bits per heavy atom. The summed E-state index contributed by atoms with van der Waals surface area (Å²) in [6.07, 6.45) is 0. The molecule has 4 rings (SSSR count). The van der Waals surface area contributed by atoms with E-state index in [1.807, 2.05) is 24.3 Å². The molecule has 0 saturated carbocycles. The van der Waals surface area contributed by atoms with Crippen LogP contribution in [-0.4, -0.2) is 16.1 Å². The lowest BCUT2D eigenvalue weighted by Crippen LogP contribution is -2.05. The maximum absolute atomic E-state index is 12.9. The summed E-state index contributed by atoms with van der Waals surface area (Å²) in [7, 11) is 0. The summed E-state index contributed by atoms with van der Waals surface area (Å²) in [5, 5.41) is 4.81. The van der Waals surface area contributed by atoms with Gasteiger partial charge in [-0.1, -0.05) is 23.4 Å². The van der Waals surface area contributed by atoms with Gasteiger partial charge in [0.15, 0.2) is 5.76 Å². The number of fused-ring (bicyclic) bond motifs is 1. The smallest absolute Gasteiger partial charge is 0.355 e. The average Bonchev–Trinajstić information content (AvgIpc) is 3.27. The molecule has 4 aromatic rings. The average molecular weight is 336 g/mol. The number of hydrogen-bond acceptors (Lipinski definition) is 4. The Morgan fingerprint density at radius 1 is 1.12 bits per heavy atom. The van der Waals surface area contributed by atoms with Gasteiger partial charge in [0.25, 0.3) is 0 Å². The lowest BCUT2D eigenvalue weighted by Gasteiger charge is -1.99. The molecule has 1 N–H and O–H groups in total. The minimum absolute atomic E-state index is 0.0150. The van der Waals surface area contributed by atoms with Crippen molar-refractivity contribution >= 4 is 16.9 Å². The number of ether oxygens (including phenoxy) is 1. The summed E-state index contributed by atoms with van der Waals surface area (Å²) in [6.45, 7) is -0.0150. The van der Waals surface area contributed by atoms with E-state index in [-0.39, 0.29) is 12.4 Å². The van der Waals surface area contributed by atoms with Gasteiger partial charge in [-0.15, -0.1) is 0 Å². The van der Waals surface area contributed by atoms with E-state index in [2.05, 4.69) is 10.1 Å². The first-order chi connectivity index (χ1) is 12.2. The zero-order chi connectivity index (χ0) is 17.2. The second-order valence-corrected chi connectivity index (χ2v) is 5.54. The molecule has 0 aliphatic carbocycles. The van der Waals surface area contributed by atoms with Gasteiger partial charge in [0.05, 0.1) is 0 Å². The molecule has 0 spiro atoms. The summed E-state index contributed by atoms with van der Waals surface area (Å²) in [5.41, 5.74) is 2.42. The van der Waals surface area contributed by atoms with Crippen LogP contribution in [0.2, 0.25) is 0 Å². The third-order valence-electron chi connectivity index (χ3n) is 3.79. The Hall–Kier alpha value is -3.41. The van der Waals surface area contributed by atoms with Gasteiger partial charge in [-0.3, -0.25) is 0 Å². The number of aromatic nitrogens is 2. The molecule has 0 aliphatic rings. The third-order valence-corrected chi connectivity index (χ3v) is 3.79. The van der Waals surface area contributed by atoms with Gasteiger partial charge in [0.1, 0.15) is 23.8 Å². The van der Waals surface area contributed by atoms with Crippen molar-refractivity contribution in [3.63, 3.8) is 0 Å². The van der Waals surface area contributed by atoms with E-state index < -0.39 is 5.97 Å². The molecule has 0 amide bonds. The number of aromatic amines is 1. The molecular weight excluding hydrogens is 323 g/mol. The number of carbonyl (C=O) groups excluding carboxylic acids is 1. The van der Waals surface area contributed by atoms with E-state index in [4.69, 9.17) is 9.26 Å². The number of nitrogens with one attached hydrogen (secondary N) is 1. The van der Waals surface area contributed by atoms with Crippen LogP contribution in [0.25, 0.3) is 22.2 Å². The van der Waals surface area contributed by atoms with E-state index in [1.165, 1.54) is 12.1 Å². The summed E-state index contributed by atoms with van der Waals surface area (Å²) < 4.78 is 23.4. The van der Waals surface area contributed by atoms with Gasteiger partial charge in [0, 0.05) is 22.5 Å². The molecule has 25 heavy (non-hydrogen) atoms. The van der Waals surface area contributed by atoms with Crippen LogP contribution < -0.4 is 0 Å². The number of halogens is 1. The fourth-order valence-electron chi connectivity index (χ4n) is 2.53. The lowest BCUT2D eigenvalue weighted by atomic mass is 10.1. The van der Waals surface area contributed by atoms with Crippen LogP contribution in [0.4, 0.5) is 4.39 Å². The highest BCUT2D eigenvalue weighted by Gasteiger charge is 2.13. The number of hydrogen-bond donors (Lipinski definition) is 1. The molecule has 124 valence electrons. The summed E-state index contributed by atoms with van der Waals surface area (Å²) in [4.78, 5) is 15.2.